The minimum Gasteiger partial charge on any atom is -0.494 e. The van der Waals surface area contributed by atoms with E-state index in [9.17, 15) is 4.79 Å². The Morgan fingerprint density at radius 2 is 1.61 bits per heavy atom. The van der Waals surface area contributed by atoms with Crippen LogP contribution in [0, 0.1) is 0 Å². The van der Waals surface area contributed by atoms with Crippen LogP contribution in [0.5, 0.6) is 5.75 Å². The molecule has 1 aliphatic heterocycles. The molecular formula is C29H32N4O3. The maximum absolute atomic E-state index is 13.5. The number of hydrogen-bond donors (Lipinski definition) is 1. The number of amides is 1. The Kier molecular flexibility index (Phi) is 7.59. The van der Waals surface area contributed by atoms with E-state index in [0.29, 0.717) is 24.5 Å². The lowest BCUT2D eigenvalue weighted by atomic mass is 9.91. The highest BCUT2D eigenvalue weighted by Gasteiger charge is 2.22. The molecule has 3 aromatic carbocycles. The number of aromatic nitrogens is 2. The first-order valence-corrected chi connectivity index (χ1v) is 12.5. The molecule has 4 aromatic rings. The molecule has 0 radical (unpaired) electrons. The van der Waals surface area contributed by atoms with Gasteiger partial charge in [-0.05, 0) is 17.2 Å². The van der Waals surface area contributed by atoms with E-state index in [2.05, 4.69) is 34.5 Å². The van der Waals surface area contributed by atoms with Crippen LogP contribution >= 0.6 is 0 Å². The van der Waals surface area contributed by atoms with Crippen LogP contribution < -0.4 is 10.1 Å². The van der Waals surface area contributed by atoms with E-state index < -0.39 is 0 Å². The lowest BCUT2D eigenvalue weighted by Gasteiger charge is -2.26. The number of hydrogen-bond acceptors (Lipinski definition) is 5. The summed E-state index contributed by atoms with van der Waals surface area (Å²) in [5.74, 6) is 0.572. The van der Waals surface area contributed by atoms with Crippen molar-refractivity contribution in [3.8, 4) is 5.75 Å². The van der Waals surface area contributed by atoms with Crippen molar-refractivity contribution in [3.05, 3.63) is 95.7 Å². The normalized spacial score (nSPS) is 14.3. The summed E-state index contributed by atoms with van der Waals surface area (Å²) in [5.41, 5.74) is 3.59. The molecule has 1 fully saturated rings. The van der Waals surface area contributed by atoms with Gasteiger partial charge in [-0.3, -0.25) is 14.4 Å². The Balaban J connectivity index is 1.39. The molecule has 1 aromatic heterocycles. The van der Waals surface area contributed by atoms with E-state index in [-0.39, 0.29) is 11.8 Å². The SMILES string of the molecule is COc1cccc2c(C(=O)NCC(c3ccccc3)c3ccccc3)nn(CCN3CCOCC3)c12. The second-order valence-corrected chi connectivity index (χ2v) is 8.97. The minimum absolute atomic E-state index is 0.0422. The number of ether oxygens (including phenoxy) is 2. The van der Waals surface area contributed by atoms with Crippen LogP contribution in [0.1, 0.15) is 27.5 Å². The number of carbonyl (C=O) groups is 1. The van der Waals surface area contributed by atoms with Crippen LogP contribution in [0.4, 0.5) is 0 Å². The Morgan fingerprint density at radius 3 is 2.25 bits per heavy atom. The van der Waals surface area contributed by atoms with Crippen LogP contribution in [-0.2, 0) is 11.3 Å². The number of morpholine rings is 1. The fraction of sp³-hybridized carbons (Fsp3) is 0.310. The molecule has 1 aliphatic rings. The third kappa shape index (κ3) is 5.27. The van der Waals surface area contributed by atoms with Crippen molar-refractivity contribution in [3.63, 3.8) is 0 Å². The lowest BCUT2D eigenvalue weighted by molar-refractivity contribution is 0.0361. The van der Waals surface area contributed by atoms with Gasteiger partial charge in [-0.15, -0.1) is 0 Å². The maximum Gasteiger partial charge on any atom is 0.272 e. The molecule has 1 saturated heterocycles. The highest BCUT2D eigenvalue weighted by molar-refractivity contribution is 6.06. The van der Waals surface area contributed by atoms with E-state index in [1.807, 2.05) is 59.3 Å². The van der Waals surface area contributed by atoms with Crippen molar-refractivity contribution in [2.45, 2.75) is 12.5 Å². The number of methoxy groups -OCH3 is 1. The Bertz CT molecular complexity index is 1240. The molecule has 0 atom stereocenters. The number of rotatable bonds is 9. The molecular weight excluding hydrogens is 452 g/mol. The lowest BCUT2D eigenvalue weighted by Crippen LogP contribution is -2.38. The molecule has 0 bridgehead atoms. The van der Waals surface area contributed by atoms with Gasteiger partial charge in [-0.2, -0.15) is 5.10 Å². The summed E-state index contributed by atoms with van der Waals surface area (Å²) in [7, 11) is 1.65. The zero-order valence-electron chi connectivity index (χ0n) is 20.6. The largest absolute Gasteiger partial charge is 0.494 e. The molecule has 0 unspecified atom stereocenters. The number of nitrogens with zero attached hydrogens (tertiary/aromatic N) is 3. The van der Waals surface area contributed by atoms with Crippen molar-refractivity contribution in [2.75, 3.05) is 46.5 Å². The second kappa shape index (κ2) is 11.4. The first-order valence-electron chi connectivity index (χ1n) is 12.5. The van der Waals surface area contributed by atoms with E-state index in [1.165, 1.54) is 0 Å². The molecule has 36 heavy (non-hydrogen) atoms. The van der Waals surface area contributed by atoms with Crippen molar-refractivity contribution < 1.29 is 14.3 Å². The number of fused-ring (bicyclic) bond motifs is 1. The number of benzene rings is 3. The Morgan fingerprint density at radius 1 is 0.944 bits per heavy atom. The monoisotopic (exact) mass is 484 g/mol. The molecule has 1 N–H and O–H groups in total. The van der Waals surface area contributed by atoms with Gasteiger partial charge in [0.2, 0.25) is 0 Å². The van der Waals surface area contributed by atoms with Gasteiger partial charge in [0.15, 0.2) is 5.69 Å². The van der Waals surface area contributed by atoms with Gasteiger partial charge >= 0.3 is 0 Å². The molecule has 2 heterocycles. The van der Waals surface area contributed by atoms with Gasteiger partial charge in [0.25, 0.3) is 5.91 Å². The summed E-state index contributed by atoms with van der Waals surface area (Å²) in [6.07, 6.45) is 0. The smallest absolute Gasteiger partial charge is 0.272 e. The van der Waals surface area contributed by atoms with Crippen LogP contribution in [0.15, 0.2) is 78.9 Å². The van der Waals surface area contributed by atoms with Gasteiger partial charge < -0.3 is 14.8 Å². The van der Waals surface area contributed by atoms with E-state index in [4.69, 9.17) is 14.6 Å². The summed E-state index contributed by atoms with van der Waals surface area (Å²) in [6.45, 7) is 5.29. The highest BCUT2D eigenvalue weighted by atomic mass is 16.5. The number of para-hydroxylation sites is 1. The van der Waals surface area contributed by atoms with Crippen molar-refractivity contribution >= 4 is 16.8 Å². The summed E-state index contributed by atoms with van der Waals surface area (Å²) >= 11 is 0. The summed E-state index contributed by atoms with van der Waals surface area (Å²) in [5, 5.41) is 8.73. The minimum atomic E-state index is -0.185. The third-order valence-electron chi connectivity index (χ3n) is 6.77. The summed E-state index contributed by atoms with van der Waals surface area (Å²) in [4.78, 5) is 15.8. The van der Waals surface area contributed by atoms with Crippen LogP contribution in [0.2, 0.25) is 0 Å². The molecule has 0 spiro atoms. The fourth-order valence-corrected chi connectivity index (χ4v) is 4.84. The molecule has 186 valence electrons. The first kappa shape index (κ1) is 24.0. The standard InChI is InChI=1S/C29H32N4O3/c1-35-26-14-8-13-24-27(31-33(28(24)26)16-15-32-17-19-36-20-18-32)29(34)30-21-25(22-9-4-2-5-10-22)23-11-6-3-7-12-23/h2-14,25H,15-21H2,1H3,(H,30,34). The molecule has 1 amide bonds. The van der Waals surface area contributed by atoms with Crippen molar-refractivity contribution in [1.29, 1.82) is 0 Å². The number of carbonyl (C=O) groups excluding carboxylic acids is 1. The average Bonchev–Trinajstić information content (AvgIpc) is 3.33. The molecule has 7 nitrogen and oxygen atoms in total. The van der Waals surface area contributed by atoms with Crippen molar-refractivity contribution in [2.24, 2.45) is 0 Å². The van der Waals surface area contributed by atoms with Gasteiger partial charge in [0.1, 0.15) is 11.3 Å². The predicted octanol–water partition coefficient (Wildman–Crippen LogP) is 3.94. The third-order valence-corrected chi connectivity index (χ3v) is 6.77. The van der Waals surface area contributed by atoms with Crippen molar-refractivity contribution in [1.82, 2.24) is 20.0 Å². The molecule has 0 saturated carbocycles. The molecule has 5 rings (SSSR count). The highest BCUT2D eigenvalue weighted by Crippen LogP contribution is 2.29. The van der Waals surface area contributed by atoms with Gasteiger partial charge in [0.05, 0.1) is 26.9 Å². The van der Waals surface area contributed by atoms with Crippen LogP contribution in [-0.4, -0.2) is 67.1 Å². The summed E-state index contributed by atoms with van der Waals surface area (Å²) < 4.78 is 13.0. The zero-order chi connectivity index (χ0) is 24.7. The zero-order valence-corrected chi connectivity index (χ0v) is 20.6. The van der Waals surface area contributed by atoms with E-state index in [1.54, 1.807) is 7.11 Å². The second-order valence-electron chi connectivity index (χ2n) is 8.97. The van der Waals surface area contributed by atoms with Gasteiger partial charge in [-0.25, -0.2) is 0 Å². The Hall–Kier alpha value is -3.68. The first-order chi connectivity index (χ1) is 17.7. The molecule has 7 heteroatoms. The van der Waals surface area contributed by atoms with E-state index >= 15 is 0 Å². The predicted molar refractivity (Wildman–Crippen MR) is 141 cm³/mol. The van der Waals surface area contributed by atoms with Gasteiger partial charge in [-0.1, -0.05) is 72.8 Å². The average molecular weight is 485 g/mol. The quantitative estimate of drug-likeness (QED) is 0.390. The molecule has 0 aliphatic carbocycles. The summed E-state index contributed by atoms with van der Waals surface area (Å²) in [6, 6.07) is 26.3. The fourth-order valence-electron chi connectivity index (χ4n) is 4.84. The van der Waals surface area contributed by atoms with Gasteiger partial charge in [0, 0.05) is 37.5 Å². The van der Waals surface area contributed by atoms with E-state index in [0.717, 1.165) is 54.9 Å². The van der Waals surface area contributed by atoms with Crippen LogP contribution in [0.25, 0.3) is 10.9 Å². The topological polar surface area (TPSA) is 68.6 Å². The number of nitrogens with one attached hydrogen (secondary N) is 1. The van der Waals surface area contributed by atoms with Crippen LogP contribution in [0.3, 0.4) is 0 Å². The maximum atomic E-state index is 13.5. The Labute approximate surface area is 211 Å².